The van der Waals surface area contributed by atoms with Crippen LogP contribution >= 0.6 is 11.6 Å². The molecule has 0 unspecified atom stereocenters. The molecule has 1 aromatic heterocycles. The maximum atomic E-state index is 12.3. The van der Waals surface area contributed by atoms with Gasteiger partial charge in [0.05, 0.1) is 5.02 Å². The van der Waals surface area contributed by atoms with Gasteiger partial charge in [-0.1, -0.05) is 11.6 Å². The monoisotopic (exact) mass is 293 g/mol. The molecule has 20 heavy (non-hydrogen) atoms. The van der Waals surface area contributed by atoms with E-state index in [0.717, 1.165) is 38.4 Å². The summed E-state index contributed by atoms with van der Waals surface area (Å²) in [5.41, 5.74) is 0.485. The van der Waals surface area contributed by atoms with Crippen molar-refractivity contribution < 1.29 is 4.79 Å². The molecule has 4 nitrogen and oxygen atoms in total. The Morgan fingerprint density at radius 2 is 2.05 bits per heavy atom. The van der Waals surface area contributed by atoms with E-state index in [1.54, 1.807) is 12.1 Å². The molecule has 108 valence electrons. The average molecular weight is 294 g/mol. The highest BCUT2D eigenvalue weighted by Gasteiger charge is 2.26. The van der Waals surface area contributed by atoms with Gasteiger partial charge in [0, 0.05) is 25.3 Å². The lowest BCUT2D eigenvalue weighted by molar-refractivity contribution is 0.0699. The molecule has 1 saturated carbocycles. The molecule has 1 aliphatic heterocycles. The lowest BCUT2D eigenvalue weighted by Crippen LogP contribution is -2.45. The summed E-state index contributed by atoms with van der Waals surface area (Å²) in [5, 5.41) is 4.18. The second kappa shape index (κ2) is 6.10. The van der Waals surface area contributed by atoms with Crippen LogP contribution in [0, 0.1) is 5.92 Å². The van der Waals surface area contributed by atoms with Gasteiger partial charge >= 0.3 is 0 Å². The van der Waals surface area contributed by atoms with E-state index in [9.17, 15) is 4.79 Å². The maximum Gasteiger partial charge on any atom is 0.272 e. The molecular formula is C15H20ClN3O. The molecule has 1 N–H and O–H groups in total. The minimum atomic E-state index is 0.0160. The van der Waals surface area contributed by atoms with Gasteiger partial charge in [-0.25, -0.2) is 4.98 Å². The number of carbonyl (C=O) groups excluding carboxylic acids is 1. The zero-order valence-corrected chi connectivity index (χ0v) is 12.3. The molecule has 1 amide bonds. The van der Waals surface area contributed by atoms with E-state index in [4.69, 9.17) is 11.6 Å². The zero-order chi connectivity index (χ0) is 13.9. The number of nitrogens with one attached hydrogen (secondary N) is 1. The Hall–Kier alpha value is -1.13. The predicted molar refractivity (Wildman–Crippen MR) is 78.9 cm³/mol. The zero-order valence-electron chi connectivity index (χ0n) is 11.5. The highest BCUT2D eigenvalue weighted by atomic mass is 35.5. The van der Waals surface area contributed by atoms with Gasteiger partial charge in [-0.3, -0.25) is 4.79 Å². The van der Waals surface area contributed by atoms with Gasteiger partial charge in [0.15, 0.2) is 0 Å². The highest BCUT2D eigenvalue weighted by molar-refractivity contribution is 6.30. The predicted octanol–water partition coefficient (Wildman–Crippen LogP) is 2.34. The van der Waals surface area contributed by atoms with Crippen molar-refractivity contribution in [2.75, 3.05) is 19.6 Å². The molecule has 1 aromatic rings. The molecule has 0 radical (unpaired) electrons. The molecule has 3 rings (SSSR count). The lowest BCUT2D eigenvalue weighted by Gasteiger charge is -2.32. The van der Waals surface area contributed by atoms with Crippen LogP contribution in [0.3, 0.4) is 0 Å². The Morgan fingerprint density at radius 1 is 1.30 bits per heavy atom. The minimum Gasteiger partial charge on any atom is -0.337 e. The first-order valence-electron chi connectivity index (χ1n) is 7.36. The van der Waals surface area contributed by atoms with Crippen LogP contribution in [0.25, 0.3) is 0 Å². The number of likely N-dealkylation sites (tertiary alicyclic amines) is 1. The first-order valence-corrected chi connectivity index (χ1v) is 7.74. The van der Waals surface area contributed by atoms with Gasteiger partial charge in [0.2, 0.25) is 0 Å². The fourth-order valence-electron chi connectivity index (χ4n) is 2.61. The molecule has 5 heteroatoms. The summed E-state index contributed by atoms with van der Waals surface area (Å²) in [6.45, 7) is 2.77. The van der Waals surface area contributed by atoms with Gasteiger partial charge in [-0.05, 0) is 50.3 Å². The first kappa shape index (κ1) is 13.8. The Balaban J connectivity index is 1.49. The fourth-order valence-corrected chi connectivity index (χ4v) is 2.72. The number of pyridine rings is 1. The van der Waals surface area contributed by atoms with Gasteiger partial charge in [-0.15, -0.1) is 0 Å². The highest BCUT2D eigenvalue weighted by Crippen LogP contribution is 2.28. The molecule has 0 bridgehead atoms. The van der Waals surface area contributed by atoms with E-state index < -0.39 is 0 Å². The SMILES string of the molecule is O=C(c1ccc(Cl)cn1)N1CCC(NCC2CC2)CC1. The minimum absolute atomic E-state index is 0.0160. The summed E-state index contributed by atoms with van der Waals surface area (Å²) in [7, 11) is 0. The van der Waals surface area contributed by atoms with Gasteiger partial charge in [0.25, 0.3) is 5.91 Å². The van der Waals surface area contributed by atoms with Crippen molar-refractivity contribution in [1.29, 1.82) is 0 Å². The van der Waals surface area contributed by atoms with Crippen LogP contribution in [0.2, 0.25) is 5.02 Å². The topological polar surface area (TPSA) is 45.2 Å². The molecule has 1 saturated heterocycles. The maximum absolute atomic E-state index is 12.3. The normalized spacial score (nSPS) is 20.1. The standard InChI is InChI=1S/C15H20ClN3O/c16-12-3-4-14(18-10-12)15(20)19-7-5-13(6-8-19)17-9-11-1-2-11/h3-4,10-11,13,17H,1-2,5-9H2. The van der Waals surface area contributed by atoms with Gasteiger partial charge < -0.3 is 10.2 Å². The summed E-state index contributed by atoms with van der Waals surface area (Å²) in [4.78, 5) is 18.3. The van der Waals surface area contributed by atoms with Crippen molar-refractivity contribution >= 4 is 17.5 Å². The number of hydrogen-bond acceptors (Lipinski definition) is 3. The number of hydrogen-bond donors (Lipinski definition) is 1. The van der Waals surface area contributed by atoms with E-state index in [1.165, 1.54) is 19.0 Å². The van der Waals surface area contributed by atoms with Crippen LogP contribution in [0.5, 0.6) is 0 Å². The molecule has 1 aliphatic carbocycles. The number of halogens is 1. The second-order valence-corrected chi connectivity index (χ2v) is 6.22. The second-order valence-electron chi connectivity index (χ2n) is 5.78. The Kier molecular flexibility index (Phi) is 4.22. The van der Waals surface area contributed by atoms with E-state index in [0.29, 0.717) is 16.8 Å². The van der Waals surface area contributed by atoms with Crippen LogP contribution in [0.15, 0.2) is 18.3 Å². The summed E-state index contributed by atoms with van der Waals surface area (Å²) in [5.74, 6) is 0.926. The number of piperidine rings is 1. The molecule has 0 atom stereocenters. The van der Waals surface area contributed by atoms with E-state index in [-0.39, 0.29) is 5.91 Å². The van der Waals surface area contributed by atoms with Crippen LogP contribution in [0.1, 0.15) is 36.2 Å². The largest absolute Gasteiger partial charge is 0.337 e. The number of nitrogens with zero attached hydrogens (tertiary/aromatic N) is 2. The average Bonchev–Trinajstić information content (AvgIpc) is 3.30. The van der Waals surface area contributed by atoms with Crippen molar-refractivity contribution in [3.8, 4) is 0 Å². The van der Waals surface area contributed by atoms with Crippen molar-refractivity contribution in [3.63, 3.8) is 0 Å². The summed E-state index contributed by atoms with van der Waals surface area (Å²) < 4.78 is 0. The van der Waals surface area contributed by atoms with Crippen molar-refractivity contribution in [2.45, 2.75) is 31.7 Å². The summed E-state index contributed by atoms with van der Waals surface area (Å²) in [6, 6.07) is 3.98. The van der Waals surface area contributed by atoms with Crippen molar-refractivity contribution in [2.24, 2.45) is 5.92 Å². The molecule has 2 heterocycles. The number of amides is 1. The van der Waals surface area contributed by atoms with Gasteiger partial charge in [-0.2, -0.15) is 0 Å². The summed E-state index contributed by atoms with van der Waals surface area (Å²) in [6.07, 6.45) is 6.36. The number of rotatable bonds is 4. The number of aromatic nitrogens is 1. The summed E-state index contributed by atoms with van der Waals surface area (Å²) >= 11 is 5.79. The van der Waals surface area contributed by atoms with E-state index in [2.05, 4.69) is 10.3 Å². The lowest BCUT2D eigenvalue weighted by atomic mass is 10.0. The Labute approximate surface area is 124 Å². The Bertz CT molecular complexity index is 465. The third-order valence-corrected chi connectivity index (χ3v) is 4.34. The van der Waals surface area contributed by atoms with E-state index >= 15 is 0 Å². The van der Waals surface area contributed by atoms with Crippen molar-refractivity contribution in [3.05, 3.63) is 29.0 Å². The Morgan fingerprint density at radius 3 is 2.65 bits per heavy atom. The quantitative estimate of drug-likeness (QED) is 0.927. The molecule has 2 aliphatic rings. The fraction of sp³-hybridized carbons (Fsp3) is 0.600. The van der Waals surface area contributed by atoms with Gasteiger partial charge in [0.1, 0.15) is 5.69 Å². The third-order valence-electron chi connectivity index (χ3n) is 4.12. The number of carbonyl (C=O) groups is 1. The van der Waals surface area contributed by atoms with E-state index in [1.807, 2.05) is 4.90 Å². The van der Waals surface area contributed by atoms with Crippen LogP contribution in [-0.2, 0) is 0 Å². The molecular weight excluding hydrogens is 274 g/mol. The molecule has 0 aromatic carbocycles. The van der Waals surface area contributed by atoms with Crippen LogP contribution < -0.4 is 5.32 Å². The molecule has 2 fully saturated rings. The smallest absolute Gasteiger partial charge is 0.272 e. The van der Waals surface area contributed by atoms with Crippen LogP contribution in [-0.4, -0.2) is 41.5 Å². The first-order chi connectivity index (χ1) is 9.72. The van der Waals surface area contributed by atoms with Crippen molar-refractivity contribution in [1.82, 2.24) is 15.2 Å². The third kappa shape index (κ3) is 3.49. The molecule has 0 spiro atoms. The van der Waals surface area contributed by atoms with Crippen LogP contribution in [0.4, 0.5) is 0 Å².